The highest BCUT2D eigenvalue weighted by Gasteiger charge is 2.19. The first-order chi connectivity index (χ1) is 9.70. The van der Waals surface area contributed by atoms with Crippen LogP contribution in [0.2, 0.25) is 0 Å². The summed E-state index contributed by atoms with van der Waals surface area (Å²) in [6, 6.07) is 3.59. The molecule has 0 saturated heterocycles. The molecule has 0 amide bonds. The number of halogens is 3. The van der Waals surface area contributed by atoms with E-state index < -0.39 is 33.2 Å². The number of nitrogen functional groups attached to an aromatic ring is 1. The Bertz CT molecular complexity index is 810. The minimum Gasteiger partial charge on any atom is -0.506 e. The van der Waals surface area contributed by atoms with Crippen LogP contribution in [0.4, 0.5) is 24.5 Å². The molecule has 0 heterocycles. The maximum atomic E-state index is 13.4. The molecule has 2 rings (SSSR count). The molecular formula is C12H9F3N2O3S. The Balaban J connectivity index is 2.42. The molecule has 0 aliphatic rings. The fourth-order valence-corrected chi connectivity index (χ4v) is 2.60. The van der Waals surface area contributed by atoms with Gasteiger partial charge in [0, 0.05) is 12.1 Å². The van der Waals surface area contributed by atoms with Crippen molar-refractivity contribution < 1.29 is 26.7 Å². The molecule has 0 unspecified atom stereocenters. The molecule has 0 spiro atoms. The van der Waals surface area contributed by atoms with Crippen LogP contribution in [0.15, 0.2) is 35.2 Å². The second kappa shape index (κ2) is 5.17. The lowest BCUT2D eigenvalue weighted by Gasteiger charge is -2.10. The van der Waals surface area contributed by atoms with Gasteiger partial charge in [-0.25, -0.2) is 21.6 Å². The number of benzene rings is 2. The quantitative estimate of drug-likeness (QED) is 0.459. The standard InChI is InChI=1S/C12H9F3N2O3S/c13-7-4-9(15)11(5-8(7)14)17-21(19,20)6-1-2-12(18)10(16)3-6/h1-5,17-18H,16H2. The molecule has 0 atom stereocenters. The number of hydrogen-bond acceptors (Lipinski definition) is 4. The monoisotopic (exact) mass is 318 g/mol. The third-order valence-corrected chi connectivity index (χ3v) is 3.93. The number of nitrogens with one attached hydrogen (secondary N) is 1. The minimum atomic E-state index is -4.27. The summed E-state index contributed by atoms with van der Waals surface area (Å²) in [5.41, 5.74) is 4.40. The summed E-state index contributed by atoms with van der Waals surface area (Å²) in [5.74, 6) is -4.44. The molecule has 5 nitrogen and oxygen atoms in total. The summed E-state index contributed by atoms with van der Waals surface area (Å²) in [4.78, 5) is -0.373. The van der Waals surface area contributed by atoms with Crippen molar-refractivity contribution in [2.75, 3.05) is 10.5 Å². The van der Waals surface area contributed by atoms with Crippen LogP contribution in [0.1, 0.15) is 0 Å². The molecule has 0 aromatic heterocycles. The number of sulfonamides is 1. The summed E-state index contributed by atoms with van der Waals surface area (Å²) in [6.07, 6.45) is 0. The Morgan fingerprint density at radius 3 is 2.24 bits per heavy atom. The van der Waals surface area contributed by atoms with E-state index in [9.17, 15) is 26.7 Å². The highest BCUT2D eigenvalue weighted by molar-refractivity contribution is 7.92. The van der Waals surface area contributed by atoms with E-state index in [1.54, 1.807) is 4.72 Å². The first-order valence-corrected chi connectivity index (χ1v) is 6.95. The molecule has 9 heteroatoms. The Morgan fingerprint density at radius 2 is 1.62 bits per heavy atom. The van der Waals surface area contributed by atoms with Gasteiger partial charge in [-0.2, -0.15) is 0 Å². The molecule has 0 bridgehead atoms. The van der Waals surface area contributed by atoms with E-state index >= 15 is 0 Å². The second-order valence-electron chi connectivity index (χ2n) is 4.07. The zero-order chi connectivity index (χ0) is 15.8. The summed E-state index contributed by atoms with van der Waals surface area (Å²) >= 11 is 0. The lowest BCUT2D eigenvalue weighted by atomic mass is 10.3. The Hall–Kier alpha value is -2.42. The smallest absolute Gasteiger partial charge is 0.262 e. The topological polar surface area (TPSA) is 92.4 Å². The van der Waals surface area contributed by atoms with Gasteiger partial charge < -0.3 is 10.8 Å². The summed E-state index contributed by atoms with van der Waals surface area (Å²) in [7, 11) is -4.27. The maximum absolute atomic E-state index is 13.4. The highest BCUT2D eigenvalue weighted by Crippen LogP contribution is 2.26. The number of rotatable bonds is 3. The van der Waals surface area contributed by atoms with Crippen LogP contribution in [0.5, 0.6) is 5.75 Å². The SMILES string of the molecule is Nc1cc(S(=O)(=O)Nc2cc(F)c(F)cc2F)ccc1O. The van der Waals surface area contributed by atoms with Crippen molar-refractivity contribution in [2.45, 2.75) is 4.90 Å². The van der Waals surface area contributed by atoms with Crippen LogP contribution < -0.4 is 10.5 Å². The van der Waals surface area contributed by atoms with Crippen LogP contribution in [0.3, 0.4) is 0 Å². The average Bonchev–Trinajstić information content (AvgIpc) is 2.39. The molecule has 2 aromatic rings. The van der Waals surface area contributed by atoms with Gasteiger partial charge in [-0.15, -0.1) is 0 Å². The van der Waals surface area contributed by atoms with Gasteiger partial charge in [0.25, 0.3) is 10.0 Å². The molecule has 112 valence electrons. The first-order valence-electron chi connectivity index (χ1n) is 5.46. The molecule has 0 aliphatic carbocycles. The van der Waals surface area contributed by atoms with Crippen LogP contribution in [-0.4, -0.2) is 13.5 Å². The van der Waals surface area contributed by atoms with Crippen molar-refractivity contribution in [1.29, 1.82) is 0 Å². The van der Waals surface area contributed by atoms with E-state index in [0.29, 0.717) is 6.07 Å². The third-order valence-electron chi connectivity index (χ3n) is 2.56. The predicted octanol–water partition coefficient (Wildman–Crippen LogP) is 2.19. The molecular weight excluding hydrogens is 309 g/mol. The van der Waals surface area contributed by atoms with Crippen molar-refractivity contribution in [3.05, 3.63) is 47.8 Å². The number of aromatic hydroxyl groups is 1. The van der Waals surface area contributed by atoms with Gasteiger partial charge in [-0.05, 0) is 18.2 Å². The van der Waals surface area contributed by atoms with Crippen molar-refractivity contribution in [3.8, 4) is 5.75 Å². The Labute approximate surface area is 117 Å². The molecule has 0 aliphatic heterocycles. The molecule has 0 radical (unpaired) electrons. The van der Waals surface area contributed by atoms with Crippen molar-refractivity contribution >= 4 is 21.4 Å². The number of anilines is 2. The minimum absolute atomic E-state index is 0.205. The molecule has 0 fully saturated rings. The molecule has 0 saturated carbocycles. The van der Waals surface area contributed by atoms with Gasteiger partial charge in [-0.1, -0.05) is 0 Å². The fourth-order valence-electron chi connectivity index (χ4n) is 1.50. The number of phenols is 1. The van der Waals surface area contributed by atoms with Gasteiger partial charge in [0.1, 0.15) is 11.6 Å². The predicted molar refractivity (Wildman–Crippen MR) is 69.6 cm³/mol. The largest absolute Gasteiger partial charge is 0.506 e. The van der Waals surface area contributed by atoms with Crippen LogP contribution in [0, 0.1) is 17.5 Å². The van der Waals surface area contributed by atoms with Crippen LogP contribution in [-0.2, 0) is 10.0 Å². The zero-order valence-electron chi connectivity index (χ0n) is 10.3. The van der Waals surface area contributed by atoms with Gasteiger partial charge in [0.2, 0.25) is 0 Å². The third kappa shape index (κ3) is 3.02. The van der Waals surface area contributed by atoms with Gasteiger partial charge in [0.15, 0.2) is 11.6 Å². The highest BCUT2D eigenvalue weighted by atomic mass is 32.2. The van der Waals surface area contributed by atoms with Crippen LogP contribution in [0.25, 0.3) is 0 Å². The summed E-state index contributed by atoms with van der Waals surface area (Å²) < 4.78 is 65.0. The summed E-state index contributed by atoms with van der Waals surface area (Å²) in [5, 5.41) is 9.22. The fraction of sp³-hybridized carbons (Fsp3) is 0. The zero-order valence-corrected chi connectivity index (χ0v) is 11.1. The van der Waals surface area contributed by atoms with Gasteiger partial charge >= 0.3 is 0 Å². The van der Waals surface area contributed by atoms with E-state index in [1.807, 2.05) is 0 Å². The van der Waals surface area contributed by atoms with Gasteiger partial charge in [0.05, 0.1) is 16.3 Å². The number of nitrogens with two attached hydrogens (primary N) is 1. The van der Waals surface area contributed by atoms with Crippen molar-refractivity contribution in [1.82, 2.24) is 0 Å². The van der Waals surface area contributed by atoms with Gasteiger partial charge in [-0.3, -0.25) is 4.72 Å². The molecule has 2 aromatic carbocycles. The van der Waals surface area contributed by atoms with Crippen molar-refractivity contribution in [3.63, 3.8) is 0 Å². The lowest BCUT2D eigenvalue weighted by molar-refractivity contribution is 0.477. The lowest BCUT2D eigenvalue weighted by Crippen LogP contribution is -2.14. The van der Waals surface area contributed by atoms with E-state index in [-0.39, 0.29) is 22.4 Å². The number of hydrogen-bond donors (Lipinski definition) is 3. The first kappa shape index (κ1) is 15.0. The van der Waals surface area contributed by atoms with E-state index in [2.05, 4.69) is 0 Å². The van der Waals surface area contributed by atoms with Crippen molar-refractivity contribution in [2.24, 2.45) is 0 Å². The number of phenolic OH excluding ortho intramolecular Hbond substituents is 1. The normalized spacial score (nSPS) is 11.4. The van der Waals surface area contributed by atoms with E-state index in [1.165, 1.54) is 0 Å². The second-order valence-corrected chi connectivity index (χ2v) is 5.75. The molecule has 4 N–H and O–H groups in total. The van der Waals surface area contributed by atoms with E-state index in [0.717, 1.165) is 18.2 Å². The average molecular weight is 318 g/mol. The Morgan fingerprint density at radius 1 is 1.00 bits per heavy atom. The summed E-state index contributed by atoms with van der Waals surface area (Å²) in [6.45, 7) is 0. The molecule has 21 heavy (non-hydrogen) atoms. The van der Waals surface area contributed by atoms with E-state index in [4.69, 9.17) is 5.73 Å². The maximum Gasteiger partial charge on any atom is 0.262 e. The Kier molecular flexibility index (Phi) is 3.69. The van der Waals surface area contributed by atoms with Crippen LogP contribution >= 0.6 is 0 Å².